The molecule has 5 heteroatoms. The first-order valence-corrected chi connectivity index (χ1v) is 6.28. The molecule has 0 bridgehead atoms. The van der Waals surface area contributed by atoms with Crippen molar-refractivity contribution in [2.45, 2.75) is 19.5 Å². The molecule has 1 saturated heterocycles. The maximum absolute atomic E-state index is 5.36. The molecule has 0 saturated carbocycles. The Morgan fingerprint density at radius 1 is 1.21 bits per heavy atom. The van der Waals surface area contributed by atoms with E-state index in [2.05, 4.69) is 30.3 Å². The molecule has 19 heavy (non-hydrogen) atoms. The molecule has 0 atom stereocenters. The molecule has 1 aliphatic rings. The van der Waals surface area contributed by atoms with E-state index in [1.54, 1.807) is 14.2 Å². The van der Waals surface area contributed by atoms with Gasteiger partial charge >= 0.3 is 0 Å². The van der Waals surface area contributed by atoms with Crippen LogP contribution < -0.4 is 14.8 Å². The first kappa shape index (κ1) is 16.1. The molecule has 2 rings (SSSR count). The van der Waals surface area contributed by atoms with Crippen LogP contribution in [0.1, 0.15) is 11.1 Å². The van der Waals surface area contributed by atoms with Crippen molar-refractivity contribution in [3.63, 3.8) is 0 Å². The molecular weight excluding hydrogens is 264 g/mol. The Kier molecular flexibility index (Phi) is 5.91. The predicted octanol–water partition coefficient (Wildman–Crippen LogP) is 1.84. The number of ether oxygens (including phenoxy) is 2. The average molecular weight is 287 g/mol. The lowest BCUT2D eigenvalue weighted by atomic mass is 10.1. The summed E-state index contributed by atoms with van der Waals surface area (Å²) in [6.07, 6.45) is 0. The number of hydrogen-bond donors (Lipinski definition) is 1. The molecular formula is C14H23ClN2O2. The van der Waals surface area contributed by atoms with E-state index in [0.29, 0.717) is 6.04 Å². The number of hydrogen-bond acceptors (Lipinski definition) is 4. The van der Waals surface area contributed by atoms with Crippen LogP contribution in [-0.2, 0) is 6.54 Å². The SMILES string of the molecule is COc1cc(C)c(CN(C)C2CNC2)cc1OC.Cl. The minimum atomic E-state index is 0. The van der Waals surface area contributed by atoms with Gasteiger partial charge in [0, 0.05) is 25.7 Å². The normalized spacial score (nSPS) is 14.8. The van der Waals surface area contributed by atoms with Crippen LogP contribution in [-0.4, -0.2) is 45.3 Å². The predicted molar refractivity (Wildman–Crippen MR) is 79.7 cm³/mol. The zero-order valence-electron chi connectivity index (χ0n) is 12.0. The molecule has 0 aliphatic carbocycles. The third kappa shape index (κ3) is 3.53. The largest absolute Gasteiger partial charge is 0.493 e. The maximum atomic E-state index is 5.36. The van der Waals surface area contributed by atoms with Crippen LogP contribution >= 0.6 is 12.4 Å². The van der Waals surface area contributed by atoms with Crippen molar-refractivity contribution in [3.8, 4) is 11.5 Å². The highest BCUT2D eigenvalue weighted by molar-refractivity contribution is 5.85. The highest BCUT2D eigenvalue weighted by Gasteiger charge is 2.22. The summed E-state index contributed by atoms with van der Waals surface area (Å²) >= 11 is 0. The van der Waals surface area contributed by atoms with Gasteiger partial charge in [0.05, 0.1) is 14.2 Å². The van der Waals surface area contributed by atoms with Gasteiger partial charge in [-0.15, -0.1) is 12.4 Å². The summed E-state index contributed by atoms with van der Waals surface area (Å²) in [6.45, 7) is 5.23. The third-order valence-electron chi connectivity index (χ3n) is 3.65. The lowest BCUT2D eigenvalue weighted by molar-refractivity contribution is 0.172. The van der Waals surface area contributed by atoms with E-state index in [1.165, 1.54) is 11.1 Å². The van der Waals surface area contributed by atoms with Crippen LogP contribution in [0.2, 0.25) is 0 Å². The smallest absolute Gasteiger partial charge is 0.161 e. The molecule has 1 heterocycles. The second-order valence-electron chi connectivity index (χ2n) is 4.86. The van der Waals surface area contributed by atoms with Crippen molar-refractivity contribution >= 4 is 12.4 Å². The topological polar surface area (TPSA) is 33.7 Å². The number of benzene rings is 1. The van der Waals surface area contributed by atoms with E-state index in [4.69, 9.17) is 9.47 Å². The number of halogens is 1. The second kappa shape index (κ2) is 6.98. The summed E-state index contributed by atoms with van der Waals surface area (Å²) in [7, 11) is 5.52. The average Bonchev–Trinajstić information content (AvgIpc) is 2.28. The van der Waals surface area contributed by atoms with Crippen molar-refractivity contribution in [2.24, 2.45) is 0 Å². The first-order valence-electron chi connectivity index (χ1n) is 6.28. The van der Waals surface area contributed by atoms with Crippen LogP contribution in [0.5, 0.6) is 11.5 Å². The van der Waals surface area contributed by atoms with Crippen molar-refractivity contribution in [3.05, 3.63) is 23.3 Å². The molecule has 0 unspecified atom stereocenters. The number of nitrogens with one attached hydrogen (secondary N) is 1. The Morgan fingerprint density at radius 3 is 2.26 bits per heavy atom. The summed E-state index contributed by atoms with van der Waals surface area (Å²) in [5.74, 6) is 1.60. The number of aryl methyl sites for hydroxylation is 1. The minimum Gasteiger partial charge on any atom is -0.493 e. The molecule has 1 fully saturated rings. The maximum Gasteiger partial charge on any atom is 0.161 e. The van der Waals surface area contributed by atoms with Crippen molar-refractivity contribution in [1.29, 1.82) is 0 Å². The highest BCUT2D eigenvalue weighted by Crippen LogP contribution is 2.30. The Morgan fingerprint density at radius 2 is 1.79 bits per heavy atom. The number of nitrogens with zero attached hydrogens (tertiary/aromatic N) is 1. The summed E-state index contributed by atoms with van der Waals surface area (Å²) < 4.78 is 10.7. The highest BCUT2D eigenvalue weighted by atomic mass is 35.5. The fourth-order valence-electron chi connectivity index (χ4n) is 2.18. The third-order valence-corrected chi connectivity index (χ3v) is 3.65. The molecule has 1 aliphatic heterocycles. The molecule has 108 valence electrons. The molecule has 1 N–H and O–H groups in total. The Labute approximate surface area is 121 Å². The van der Waals surface area contributed by atoms with E-state index < -0.39 is 0 Å². The van der Waals surface area contributed by atoms with Crippen LogP contribution in [0.25, 0.3) is 0 Å². The quantitative estimate of drug-likeness (QED) is 0.896. The zero-order valence-corrected chi connectivity index (χ0v) is 12.8. The Bertz CT molecular complexity index is 422. The van der Waals surface area contributed by atoms with Gasteiger partial charge in [-0.2, -0.15) is 0 Å². The molecule has 1 aromatic rings. The Hall–Kier alpha value is -0.970. The second-order valence-corrected chi connectivity index (χ2v) is 4.86. The van der Waals surface area contributed by atoms with Gasteiger partial charge in [0.25, 0.3) is 0 Å². The van der Waals surface area contributed by atoms with Gasteiger partial charge in [0.15, 0.2) is 11.5 Å². The summed E-state index contributed by atoms with van der Waals surface area (Å²) in [6, 6.07) is 4.77. The van der Waals surface area contributed by atoms with Gasteiger partial charge in [-0.3, -0.25) is 4.90 Å². The molecule has 0 aromatic heterocycles. The lowest BCUT2D eigenvalue weighted by Gasteiger charge is -2.36. The van der Waals surface area contributed by atoms with Crippen molar-refractivity contribution in [1.82, 2.24) is 10.2 Å². The standard InChI is InChI=1S/C14H22N2O2.ClH/c1-10-5-13(17-3)14(18-4)6-11(10)9-16(2)12-7-15-8-12;/h5-6,12,15H,7-9H2,1-4H3;1H. The molecule has 0 amide bonds. The van der Waals surface area contributed by atoms with E-state index in [9.17, 15) is 0 Å². The number of likely N-dealkylation sites (N-methyl/N-ethyl adjacent to an activating group) is 1. The molecule has 0 radical (unpaired) electrons. The van der Waals surface area contributed by atoms with Gasteiger partial charge in [-0.25, -0.2) is 0 Å². The van der Waals surface area contributed by atoms with Crippen LogP contribution in [0, 0.1) is 6.92 Å². The van der Waals surface area contributed by atoms with E-state index in [0.717, 1.165) is 31.1 Å². The number of methoxy groups -OCH3 is 2. The summed E-state index contributed by atoms with van der Waals surface area (Å²) in [5.41, 5.74) is 2.54. The minimum absolute atomic E-state index is 0. The van der Waals surface area contributed by atoms with Gasteiger partial charge in [-0.05, 0) is 37.2 Å². The number of rotatable bonds is 5. The zero-order chi connectivity index (χ0) is 13.1. The van der Waals surface area contributed by atoms with E-state index in [-0.39, 0.29) is 12.4 Å². The van der Waals surface area contributed by atoms with Crippen LogP contribution in [0.3, 0.4) is 0 Å². The Balaban J connectivity index is 0.00000180. The first-order chi connectivity index (χ1) is 8.65. The molecule has 4 nitrogen and oxygen atoms in total. The fraction of sp³-hybridized carbons (Fsp3) is 0.571. The van der Waals surface area contributed by atoms with Gasteiger partial charge in [-0.1, -0.05) is 0 Å². The lowest BCUT2D eigenvalue weighted by Crippen LogP contribution is -2.55. The summed E-state index contributed by atoms with van der Waals surface area (Å²) in [4.78, 5) is 2.38. The van der Waals surface area contributed by atoms with E-state index >= 15 is 0 Å². The van der Waals surface area contributed by atoms with Gasteiger partial charge in [0.1, 0.15) is 0 Å². The van der Waals surface area contributed by atoms with E-state index in [1.807, 2.05) is 6.07 Å². The van der Waals surface area contributed by atoms with Crippen LogP contribution in [0.15, 0.2) is 12.1 Å². The van der Waals surface area contributed by atoms with Gasteiger partial charge in [0.2, 0.25) is 0 Å². The van der Waals surface area contributed by atoms with Crippen LogP contribution in [0.4, 0.5) is 0 Å². The summed E-state index contributed by atoms with van der Waals surface area (Å²) in [5, 5.41) is 3.30. The van der Waals surface area contributed by atoms with Crippen molar-refractivity contribution < 1.29 is 9.47 Å². The molecule has 1 aromatic carbocycles. The van der Waals surface area contributed by atoms with Gasteiger partial charge < -0.3 is 14.8 Å². The monoisotopic (exact) mass is 286 g/mol. The fourth-order valence-corrected chi connectivity index (χ4v) is 2.18. The van der Waals surface area contributed by atoms with Crippen molar-refractivity contribution in [2.75, 3.05) is 34.4 Å². The molecule has 0 spiro atoms.